The maximum Gasteiger partial charge on any atom is 0.433 e. The van der Waals surface area contributed by atoms with Gasteiger partial charge < -0.3 is 9.84 Å². The Labute approximate surface area is 117 Å². The number of carboxylic acid groups (broad SMARTS) is 1. The number of halogens is 3. The summed E-state index contributed by atoms with van der Waals surface area (Å²) in [5.41, 5.74) is -0.722. The van der Waals surface area contributed by atoms with E-state index in [1.165, 1.54) is 24.3 Å². The number of carbonyl (C=O) groups is 1. The third kappa shape index (κ3) is 3.95. The molecule has 1 N–H and O–H groups in total. The summed E-state index contributed by atoms with van der Waals surface area (Å²) >= 11 is 0. The second-order valence-corrected chi connectivity index (χ2v) is 4.14. The van der Waals surface area contributed by atoms with E-state index in [-0.39, 0.29) is 18.1 Å². The lowest BCUT2D eigenvalue weighted by molar-refractivity contribution is -0.141. The predicted octanol–water partition coefficient (Wildman–Crippen LogP) is 3.52. The molecule has 0 amide bonds. The highest BCUT2D eigenvalue weighted by Crippen LogP contribution is 2.30. The molecule has 7 heteroatoms. The van der Waals surface area contributed by atoms with E-state index in [1.54, 1.807) is 12.1 Å². The van der Waals surface area contributed by atoms with Crippen molar-refractivity contribution in [2.24, 2.45) is 0 Å². The first kappa shape index (κ1) is 14.8. The van der Waals surface area contributed by atoms with E-state index in [1.807, 2.05) is 0 Å². The molecule has 0 atom stereocenters. The van der Waals surface area contributed by atoms with Gasteiger partial charge in [-0.05, 0) is 12.1 Å². The summed E-state index contributed by atoms with van der Waals surface area (Å²) in [6.07, 6.45) is -4.87. The summed E-state index contributed by atoms with van der Waals surface area (Å²) in [5, 5.41) is 8.79. The normalized spacial score (nSPS) is 11.2. The first-order valence-corrected chi connectivity index (χ1v) is 5.88. The van der Waals surface area contributed by atoms with Gasteiger partial charge in [-0.1, -0.05) is 24.3 Å². The Morgan fingerprint density at radius 1 is 1.14 bits per heavy atom. The molecule has 0 saturated carbocycles. The van der Waals surface area contributed by atoms with Crippen molar-refractivity contribution in [1.82, 2.24) is 4.98 Å². The van der Waals surface area contributed by atoms with Gasteiger partial charge in [-0.3, -0.25) is 4.79 Å². The first-order valence-electron chi connectivity index (χ1n) is 5.88. The van der Waals surface area contributed by atoms with E-state index in [0.717, 1.165) is 6.07 Å². The number of rotatable bonds is 4. The van der Waals surface area contributed by atoms with E-state index in [4.69, 9.17) is 9.84 Å². The van der Waals surface area contributed by atoms with Gasteiger partial charge in [-0.15, -0.1) is 0 Å². The third-order valence-corrected chi connectivity index (χ3v) is 2.54. The van der Waals surface area contributed by atoms with Crippen molar-refractivity contribution < 1.29 is 27.8 Å². The fraction of sp³-hybridized carbons (Fsp3) is 0.143. The Balaban J connectivity index is 2.28. The maximum atomic E-state index is 12.6. The first-order chi connectivity index (χ1) is 9.86. The van der Waals surface area contributed by atoms with Crippen molar-refractivity contribution in [3.63, 3.8) is 0 Å². The number of ether oxygens (including phenoxy) is 1. The van der Waals surface area contributed by atoms with Crippen LogP contribution in [0.25, 0.3) is 0 Å². The fourth-order valence-corrected chi connectivity index (χ4v) is 1.65. The smallest absolute Gasteiger partial charge is 0.433 e. The van der Waals surface area contributed by atoms with Crippen LogP contribution in [0.1, 0.15) is 11.3 Å². The SMILES string of the molecule is O=C(O)Cc1ccccc1Oc1cccc(C(F)(F)F)n1. The van der Waals surface area contributed by atoms with Crippen LogP contribution in [-0.4, -0.2) is 16.1 Å². The topological polar surface area (TPSA) is 59.4 Å². The minimum Gasteiger partial charge on any atom is -0.481 e. The Kier molecular flexibility index (Phi) is 4.11. The minimum atomic E-state index is -4.57. The molecule has 0 bridgehead atoms. The molecule has 0 aliphatic heterocycles. The molecule has 0 aliphatic carbocycles. The van der Waals surface area contributed by atoms with Gasteiger partial charge >= 0.3 is 12.1 Å². The van der Waals surface area contributed by atoms with Gasteiger partial charge in [0.15, 0.2) is 0 Å². The number of benzene rings is 1. The molecule has 0 spiro atoms. The number of nitrogens with zero attached hydrogens (tertiary/aromatic N) is 1. The van der Waals surface area contributed by atoms with Gasteiger partial charge in [0.2, 0.25) is 5.88 Å². The summed E-state index contributed by atoms with van der Waals surface area (Å²) in [4.78, 5) is 14.1. The summed E-state index contributed by atoms with van der Waals surface area (Å²) in [6, 6.07) is 9.48. The van der Waals surface area contributed by atoms with Crippen LogP contribution in [0, 0.1) is 0 Å². The lowest BCUT2D eigenvalue weighted by Gasteiger charge is -2.11. The number of hydrogen-bond donors (Lipinski definition) is 1. The Morgan fingerprint density at radius 2 is 1.86 bits per heavy atom. The van der Waals surface area contributed by atoms with E-state index in [0.29, 0.717) is 5.56 Å². The van der Waals surface area contributed by atoms with Crippen molar-refractivity contribution in [2.75, 3.05) is 0 Å². The number of alkyl halides is 3. The largest absolute Gasteiger partial charge is 0.481 e. The molecule has 2 rings (SSSR count). The molecule has 0 saturated heterocycles. The molecule has 1 aromatic carbocycles. The quantitative estimate of drug-likeness (QED) is 0.938. The molecule has 0 fully saturated rings. The molecule has 4 nitrogen and oxygen atoms in total. The highest BCUT2D eigenvalue weighted by molar-refractivity contribution is 5.71. The van der Waals surface area contributed by atoms with Crippen molar-refractivity contribution >= 4 is 5.97 Å². The fourth-order valence-electron chi connectivity index (χ4n) is 1.65. The predicted molar refractivity (Wildman–Crippen MR) is 67.1 cm³/mol. The standard InChI is InChI=1S/C14H10F3NO3/c15-14(16,17)11-6-3-7-12(18-11)21-10-5-2-1-4-9(10)8-13(19)20/h1-7H,8H2,(H,19,20). The summed E-state index contributed by atoms with van der Waals surface area (Å²) in [5.74, 6) is -1.16. The molecule has 1 aromatic heterocycles. The maximum absolute atomic E-state index is 12.6. The molecule has 0 radical (unpaired) electrons. The zero-order valence-electron chi connectivity index (χ0n) is 10.6. The van der Waals surface area contributed by atoms with Gasteiger partial charge in [-0.2, -0.15) is 13.2 Å². The molecule has 0 aliphatic rings. The number of hydrogen-bond acceptors (Lipinski definition) is 3. The lowest BCUT2D eigenvalue weighted by Crippen LogP contribution is -2.08. The number of carboxylic acids is 1. The molecule has 0 unspecified atom stereocenters. The zero-order valence-corrected chi connectivity index (χ0v) is 10.6. The Bertz CT molecular complexity index is 656. The average molecular weight is 297 g/mol. The highest BCUT2D eigenvalue weighted by atomic mass is 19.4. The Morgan fingerprint density at radius 3 is 2.52 bits per heavy atom. The summed E-state index contributed by atoms with van der Waals surface area (Å²) < 4.78 is 43.0. The van der Waals surface area contributed by atoms with Gasteiger partial charge in [0.1, 0.15) is 11.4 Å². The van der Waals surface area contributed by atoms with E-state index < -0.39 is 17.8 Å². The van der Waals surface area contributed by atoms with Crippen molar-refractivity contribution in [1.29, 1.82) is 0 Å². The summed E-state index contributed by atoms with van der Waals surface area (Å²) in [6.45, 7) is 0. The van der Waals surface area contributed by atoms with Crippen molar-refractivity contribution in [3.8, 4) is 11.6 Å². The number of aliphatic carboxylic acids is 1. The zero-order chi connectivity index (χ0) is 15.5. The highest BCUT2D eigenvalue weighted by Gasteiger charge is 2.32. The molecular weight excluding hydrogens is 287 g/mol. The molecule has 110 valence electrons. The van der Waals surface area contributed by atoms with Gasteiger partial charge in [0.25, 0.3) is 0 Å². The molecular formula is C14H10F3NO3. The number of para-hydroxylation sites is 1. The molecule has 1 heterocycles. The van der Waals surface area contributed by atoms with E-state index in [2.05, 4.69) is 4.98 Å². The van der Waals surface area contributed by atoms with Crippen LogP contribution in [0.5, 0.6) is 11.6 Å². The van der Waals surface area contributed by atoms with Crippen LogP contribution >= 0.6 is 0 Å². The third-order valence-electron chi connectivity index (χ3n) is 2.54. The van der Waals surface area contributed by atoms with Crippen LogP contribution in [0.15, 0.2) is 42.5 Å². The van der Waals surface area contributed by atoms with Crippen molar-refractivity contribution in [2.45, 2.75) is 12.6 Å². The second kappa shape index (κ2) is 5.82. The van der Waals surface area contributed by atoms with E-state index >= 15 is 0 Å². The van der Waals surface area contributed by atoms with Crippen LogP contribution in [0.3, 0.4) is 0 Å². The molecule has 21 heavy (non-hydrogen) atoms. The van der Waals surface area contributed by atoms with Crippen LogP contribution in [-0.2, 0) is 17.4 Å². The lowest BCUT2D eigenvalue weighted by atomic mass is 10.1. The monoisotopic (exact) mass is 297 g/mol. The van der Waals surface area contributed by atoms with E-state index in [9.17, 15) is 18.0 Å². The second-order valence-electron chi connectivity index (χ2n) is 4.14. The van der Waals surface area contributed by atoms with Gasteiger partial charge in [0, 0.05) is 11.6 Å². The summed E-state index contributed by atoms with van der Waals surface area (Å²) in [7, 11) is 0. The molecule has 2 aromatic rings. The van der Waals surface area contributed by atoms with Crippen LogP contribution in [0.2, 0.25) is 0 Å². The van der Waals surface area contributed by atoms with Crippen LogP contribution in [0.4, 0.5) is 13.2 Å². The number of aromatic nitrogens is 1. The minimum absolute atomic E-state index is 0.159. The number of pyridine rings is 1. The van der Waals surface area contributed by atoms with Crippen LogP contribution < -0.4 is 4.74 Å². The van der Waals surface area contributed by atoms with Crippen molar-refractivity contribution in [3.05, 3.63) is 53.7 Å². The van der Waals surface area contributed by atoms with Gasteiger partial charge in [-0.25, -0.2) is 4.98 Å². The average Bonchev–Trinajstić information content (AvgIpc) is 2.40. The van der Waals surface area contributed by atoms with Gasteiger partial charge in [0.05, 0.1) is 6.42 Å². The Hall–Kier alpha value is -2.57.